The average Bonchev–Trinajstić information content (AvgIpc) is 3.45. The van der Waals surface area contributed by atoms with Crippen molar-refractivity contribution >= 4 is 34.5 Å². The summed E-state index contributed by atoms with van der Waals surface area (Å²) in [6, 6.07) is 5.85. The van der Waals surface area contributed by atoms with Crippen LogP contribution in [0, 0.1) is 20.8 Å². The second-order valence-electron chi connectivity index (χ2n) is 7.27. The van der Waals surface area contributed by atoms with E-state index >= 15 is 0 Å². The molecule has 8 heteroatoms. The van der Waals surface area contributed by atoms with Gasteiger partial charge < -0.3 is 14.4 Å². The number of thiazole rings is 1. The molecule has 0 aliphatic carbocycles. The van der Waals surface area contributed by atoms with Crippen molar-refractivity contribution in [2.24, 2.45) is 0 Å². The maximum absolute atomic E-state index is 12.9. The Hall–Kier alpha value is -2.45. The molecule has 152 valence electrons. The van der Waals surface area contributed by atoms with Crippen LogP contribution in [0.1, 0.15) is 26.1 Å². The van der Waals surface area contributed by atoms with Crippen LogP contribution in [0.2, 0.25) is 0 Å². The van der Waals surface area contributed by atoms with E-state index in [9.17, 15) is 9.59 Å². The molecule has 0 spiro atoms. The van der Waals surface area contributed by atoms with Gasteiger partial charge in [0.25, 0.3) is 5.91 Å². The van der Waals surface area contributed by atoms with Crippen molar-refractivity contribution in [2.45, 2.75) is 27.3 Å². The largest absolute Gasteiger partial charge is 0.339 e. The molecule has 0 unspecified atom stereocenters. The summed E-state index contributed by atoms with van der Waals surface area (Å²) in [6.45, 7) is 8.70. The molecule has 0 bridgehead atoms. The summed E-state index contributed by atoms with van der Waals surface area (Å²) in [5, 5.41) is 5.01. The molecule has 0 saturated carbocycles. The van der Waals surface area contributed by atoms with Crippen molar-refractivity contribution < 1.29 is 9.59 Å². The Balaban J connectivity index is 1.40. The van der Waals surface area contributed by atoms with Crippen molar-refractivity contribution in [2.75, 3.05) is 26.2 Å². The highest BCUT2D eigenvalue weighted by molar-refractivity contribution is 7.12. The fourth-order valence-corrected chi connectivity index (χ4v) is 5.04. The first-order chi connectivity index (χ1) is 13.9. The standard InChI is InChI=1S/C21H24N4O2S2/c1-14-11-17(18-13-29-16(3)22-18)15(2)25(14)12-20(26)23-6-8-24(9-7-23)21(27)19-5-4-10-28-19/h4-5,10-11,13H,6-9,12H2,1-3H3. The zero-order chi connectivity index (χ0) is 20.5. The summed E-state index contributed by atoms with van der Waals surface area (Å²) in [5.74, 6) is 0.156. The fourth-order valence-electron chi connectivity index (χ4n) is 3.74. The van der Waals surface area contributed by atoms with Gasteiger partial charge in [-0.15, -0.1) is 22.7 Å². The molecule has 4 rings (SSSR count). The van der Waals surface area contributed by atoms with Crippen LogP contribution in [0.25, 0.3) is 11.3 Å². The van der Waals surface area contributed by atoms with Crippen molar-refractivity contribution in [3.63, 3.8) is 0 Å². The van der Waals surface area contributed by atoms with E-state index in [0.29, 0.717) is 32.7 Å². The third kappa shape index (κ3) is 4.00. The third-order valence-electron chi connectivity index (χ3n) is 5.41. The van der Waals surface area contributed by atoms with Crippen LogP contribution in [0.4, 0.5) is 0 Å². The van der Waals surface area contributed by atoms with Crippen LogP contribution in [0.5, 0.6) is 0 Å². The number of hydrogen-bond acceptors (Lipinski definition) is 5. The first-order valence-corrected chi connectivity index (χ1v) is 11.4. The molecule has 0 radical (unpaired) electrons. The normalized spacial score (nSPS) is 14.4. The quantitative estimate of drug-likeness (QED) is 0.638. The number of aromatic nitrogens is 2. The zero-order valence-corrected chi connectivity index (χ0v) is 18.5. The van der Waals surface area contributed by atoms with Gasteiger partial charge in [0.05, 0.1) is 15.6 Å². The van der Waals surface area contributed by atoms with Crippen LogP contribution in [0.3, 0.4) is 0 Å². The molecule has 0 N–H and O–H groups in total. The lowest BCUT2D eigenvalue weighted by atomic mass is 10.2. The Labute approximate surface area is 178 Å². The molecule has 1 saturated heterocycles. The smallest absolute Gasteiger partial charge is 0.264 e. The van der Waals surface area contributed by atoms with Gasteiger partial charge in [-0.1, -0.05) is 6.07 Å². The van der Waals surface area contributed by atoms with Crippen molar-refractivity contribution in [1.29, 1.82) is 0 Å². The lowest BCUT2D eigenvalue weighted by Crippen LogP contribution is -2.51. The number of nitrogens with zero attached hydrogens (tertiary/aromatic N) is 4. The van der Waals surface area contributed by atoms with Gasteiger partial charge in [-0.25, -0.2) is 4.98 Å². The van der Waals surface area contributed by atoms with Gasteiger partial charge in [-0.05, 0) is 38.3 Å². The van der Waals surface area contributed by atoms with E-state index in [1.165, 1.54) is 11.3 Å². The Kier molecular flexibility index (Phi) is 5.56. The lowest BCUT2D eigenvalue weighted by molar-refractivity contribution is -0.133. The number of rotatable bonds is 4. The summed E-state index contributed by atoms with van der Waals surface area (Å²) in [6.07, 6.45) is 0. The number of carbonyl (C=O) groups is 2. The molecule has 4 heterocycles. The minimum Gasteiger partial charge on any atom is -0.339 e. The van der Waals surface area contributed by atoms with Crippen molar-refractivity contribution in [3.8, 4) is 11.3 Å². The van der Waals surface area contributed by atoms with E-state index in [4.69, 9.17) is 0 Å². The minimum absolute atomic E-state index is 0.0624. The number of thiophene rings is 1. The zero-order valence-electron chi connectivity index (χ0n) is 16.8. The Morgan fingerprint density at radius 2 is 1.79 bits per heavy atom. The molecule has 0 atom stereocenters. The van der Waals surface area contributed by atoms with E-state index in [2.05, 4.69) is 21.0 Å². The topological polar surface area (TPSA) is 58.4 Å². The van der Waals surface area contributed by atoms with Gasteiger partial charge in [0.2, 0.25) is 5.91 Å². The molecular weight excluding hydrogens is 404 g/mol. The SMILES string of the molecule is Cc1nc(-c2cc(C)n(CC(=O)N3CCN(C(=O)c4cccs4)CC3)c2C)cs1. The summed E-state index contributed by atoms with van der Waals surface area (Å²) in [7, 11) is 0. The van der Waals surface area contributed by atoms with E-state index in [0.717, 1.165) is 32.5 Å². The van der Waals surface area contributed by atoms with Gasteiger partial charge in [0.1, 0.15) is 6.54 Å². The average molecular weight is 429 g/mol. The van der Waals surface area contributed by atoms with Crippen LogP contribution in [-0.4, -0.2) is 57.3 Å². The molecule has 1 aliphatic heterocycles. The predicted octanol–water partition coefficient (Wildman–Crippen LogP) is 3.58. The molecule has 0 aromatic carbocycles. The molecule has 1 fully saturated rings. The van der Waals surface area contributed by atoms with E-state index in [1.807, 2.05) is 48.1 Å². The van der Waals surface area contributed by atoms with Crippen molar-refractivity contribution in [3.05, 3.63) is 50.2 Å². The highest BCUT2D eigenvalue weighted by atomic mass is 32.1. The lowest BCUT2D eigenvalue weighted by Gasteiger charge is -2.34. The van der Waals surface area contributed by atoms with Gasteiger partial charge >= 0.3 is 0 Å². The number of aryl methyl sites for hydroxylation is 2. The van der Waals surface area contributed by atoms with Crippen LogP contribution < -0.4 is 0 Å². The Morgan fingerprint density at radius 1 is 1.07 bits per heavy atom. The maximum Gasteiger partial charge on any atom is 0.264 e. The highest BCUT2D eigenvalue weighted by Crippen LogP contribution is 2.28. The van der Waals surface area contributed by atoms with E-state index < -0.39 is 0 Å². The molecule has 6 nitrogen and oxygen atoms in total. The first-order valence-electron chi connectivity index (χ1n) is 9.64. The van der Waals surface area contributed by atoms with Crippen LogP contribution in [-0.2, 0) is 11.3 Å². The summed E-state index contributed by atoms with van der Waals surface area (Å²) >= 11 is 3.09. The molecule has 1 aliphatic rings. The molecule has 3 aromatic heterocycles. The summed E-state index contributed by atoms with van der Waals surface area (Å²) in [4.78, 5) is 34.4. The van der Waals surface area contributed by atoms with Gasteiger partial charge in [0.15, 0.2) is 0 Å². The van der Waals surface area contributed by atoms with E-state index in [1.54, 1.807) is 11.3 Å². The second kappa shape index (κ2) is 8.12. The fraction of sp³-hybridized carbons (Fsp3) is 0.381. The molecule has 29 heavy (non-hydrogen) atoms. The van der Waals surface area contributed by atoms with Crippen LogP contribution in [0.15, 0.2) is 29.0 Å². The van der Waals surface area contributed by atoms with E-state index in [-0.39, 0.29) is 11.8 Å². The van der Waals surface area contributed by atoms with Crippen molar-refractivity contribution in [1.82, 2.24) is 19.4 Å². The van der Waals surface area contributed by atoms with Gasteiger partial charge in [-0.3, -0.25) is 9.59 Å². The predicted molar refractivity (Wildman–Crippen MR) is 117 cm³/mol. The monoisotopic (exact) mass is 428 g/mol. The Bertz CT molecular complexity index is 1030. The number of hydrogen-bond donors (Lipinski definition) is 0. The highest BCUT2D eigenvalue weighted by Gasteiger charge is 2.26. The molecule has 2 amide bonds. The minimum atomic E-state index is 0.0624. The summed E-state index contributed by atoms with van der Waals surface area (Å²) in [5.41, 5.74) is 4.18. The molecule has 3 aromatic rings. The molecular formula is C21H24N4O2S2. The number of carbonyl (C=O) groups excluding carboxylic acids is 2. The Morgan fingerprint density at radius 3 is 2.41 bits per heavy atom. The van der Waals surface area contributed by atoms with Crippen LogP contribution >= 0.6 is 22.7 Å². The number of amides is 2. The van der Waals surface area contributed by atoms with Gasteiger partial charge in [0, 0.05) is 48.5 Å². The first kappa shape index (κ1) is 19.8. The maximum atomic E-state index is 12.9. The van der Waals surface area contributed by atoms with Gasteiger partial charge in [-0.2, -0.15) is 0 Å². The second-order valence-corrected chi connectivity index (χ2v) is 9.28. The third-order valence-corrected chi connectivity index (χ3v) is 7.04. The summed E-state index contributed by atoms with van der Waals surface area (Å²) < 4.78 is 2.07. The number of piperazine rings is 1.